The van der Waals surface area contributed by atoms with E-state index in [2.05, 4.69) is 38.8 Å². The molecule has 2 saturated heterocycles. The molecule has 246 valence electrons. The van der Waals surface area contributed by atoms with Gasteiger partial charge < -0.3 is 28.9 Å². The van der Waals surface area contributed by atoms with Gasteiger partial charge in [-0.2, -0.15) is 0 Å². The van der Waals surface area contributed by atoms with Gasteiger partial charge in [0.05, 0.1) is 19.1 Å². The molecule has 0 aromatic heterocycles. The Balaban J connectivity index is 1.13. The Morgan fingerprint density at radius 2 is 1.22 bits per heavy atom. The molecule has 0 saturated carbocycles. The summed E-state index contributed by atoms with van der Waals surface area (Å²) in [5, 5.41) is 0. The lowest BCUT2D eigenvalue weighted by atomic mass is 10.0. The minimum atomic E-state index is -0.376. The molecule has 10 heteroatoms. The molecular weight excluding hydrogens is 572 g/mol. The first kappa shape index (κ1) is 34.4. The van der Waals surface area contributed by atoms with E-state index in [0.717, 1.165) is 64.5 Å². The summed E-state index contributed by atoms with van der Waals surface area (Å²) in [4.78, 5) is 46.3. The van der Waals surface area contributed by atoms with Gasteiger partial charge in [0.1, 0.15) is 12.7 Å². The number of carbonyl (C=O) groups is 3. The first-order chi connectivity index (χ1) is 21.7. The maximum Gasteiger partial charge on any atom is 0.307 e. The van der Waals surface area contributed by atoms with Gasteiger partial charge in [0.15, 0.2) is 5.78 Å². The number of hydrogen-bond acceptors (Lipinski definition) is 10. The third kappa shape index (κ3) is 10.8. The van der Waals surface area contributed by atoms with Crippen LogP contribution in [0.5, 0.6) is 0 Å². The number of ether oxygens (including phenoxy) is 3. The molecule has 2 heterocycles. The molecule has 10 nitrogen and oxygen atoms in total. The van der Waals surface area contributed by atoms with Crippen molar-refractivity contribution < 1.29 is 28.6 Å². The highest BCUT2D eigenvalue weighted by atomic mass is 16.6. The van der Waals surface area contributed by atoms with E-state index >= 15 is 0 Å². The number of hydrogen-bond donors (Lipinski definition) is 0. The third-order valence-electron chi connectivity index (χ3n) is 8.38. The lowest BCUT2D eigenvalue weighted by Gasteiger charge is -2.36. The third-order valence-corrected chi connectivity index (χ3v) is 8.38. The molecule has 0 spiro atoms. The summed E-state index contributed by atoms with van der Waals surface area (Å²) in [6.45, 7) is 14.2. The fourth-order valence-electron chi connectivity index (χ4n) is 5.51. The van der Waals surface area contributed by atoms with Gasteiger partial charge in [0, 0.05) is 87.8 Å². The van der Waals surface area contributed by atoms with Gasteiger partial charge in [-0.15, -0.1) is 0 Å². The van der Waals surface area contributed by atoms with Crippen LogP contribution in [0.1, 0.15) is 56.0 Å². The summed E-state index contributed by atoms with van der Waals surface area (Å²) in [5.41, 5.74) is 3.65. The average Bonchev–Trinajstić information content (AvgIpc) is 3.06. The number of rotatable bonds is 15. The van der Waals surface area contributed by atoms with Crippen LogP contribution >= 0.6 is 0 Å². The first-order valence-electron chi connectivity index (χ1n) is 16.3. The van der Waals surface area contributed by atoms with Crippen molar-refractivity contribution in [1.29, 1.82) is 0 Å². The molecule has 2 aromatic rings. The lowest BCUT2D eigenvalue weighted by molar-refractivity contribution is -0.154. The van der Waals surface area contributed by atoms with Gasteiger partial charge in [-0.25, -0.2) is 0 Å². The molecule has 0 bridgehead atoms. The van der Waals surface area contributed by atoms with E-state index in [-0.39, 0.29) is 43.1 Å². The van der Waals surface area contributed by atoms with Crippen molar-refractivity contribution in [3.05, 3.63) is 59.7 Å². The monoisotopic (exact) mass is 622 g/mol. The largest absolute Gasteiger partial charge is 0.463 e. The zero-order chi connectivity index (χ0) is 32.2. The second kappa shape index (κ2) is 17.3. The quantitative estimate of drug-likeness (QED) is 0.215. The van der Waals surface area contributed by atoms with Gasteiger partial charge in [0.25, 0.3) is 0 Å². The summed E-state index contributed by atoms with van der Waals surface area (Å²) >= 11 is 0. The van der Waals surface area contributed by atoms with E-state index in [1.165, 1.54) is 5.69 Å². The van der Waals surface area contributed by atoms with Gasteiger partial charge in [-0.05, 0) is 75.8 Å². The highest BCUT2D eigenvalue weighted by Gasteiger charge is 2.20. The van der Waals surface area contributed by atoms with Crippen LogP contribution in [-0.4, -0.2) is 119 Å². The van der Waals surface area contributed by atoms with Crippen molar-refractivity contribution in [2.45, 2.75) is 52.2 Å². The Bertz CT molecular complexity index is 1220. The van der Waals surface area contributed by atoms with Gasteiger partial charge >= 0.3 is 11.9 Å². The minimum Gasteiger partial charge on any atom is -0.463 e. The van der Waals surface area contributed by atoms with Crippen molar-refractivity contribution in [2.75, 3.05) is 89.0 Å². The number of carbonyl (C=O) groups excluding carboxylic acids is 3. The summed E-state index contributed by atoms with van der Waals surface area (Å²) in [6, 6.07) is 15.9. The molecule has 0 aliphatic carbocycles. The van der Waals surface area contributed by atoms with Crippen molar-refractivity contribution in [3.8, 4) is 0 Å². The highest BCUT2D eigenvalue weighted by Crippen LogP contribution is 2.22. The smallest absolute Gasteiger partial charge is 0.307 e. The summed E-state index contributed by atoms with van der Waals surface area (Å²) in [7, 11) is 2.15. The SMILES string of the molecule is CCCC(=O)OCC(C)OCC(C)OC(=O)CCN1CCN(c2ccc(C(=O)c3ccc(N4CCN(C)CC4)cc3)cc2)CC1. The summed E-state index contributed by atoms with van der Waals surface area (Å²) in [6.07, 6.45) is 0.840. The number of anilines is 2. The van der Waals surface area contributed by atoms with Gasteiger partial charge in [-0.3, -0.25) is 19.3 Å². The molecule has 4 rings (SSSR count). The van der Waals surface area contributed by atoms with Crippen LogP contribution in [0, 0.1) is 0 Å². The number of nitrogens with zero attached hydrogens (tertiary/aromatic N) is 4. The molecule has 0 radical (unpaired) electrons. The molecule has 2 atom stereocenters. The number of piperazine rings is 2. The Morgan fingerprint density at radius 1 is 0.689 bits per heavy atom. The molecule has 45 heavy (non-hydrogen) atoms. The standard InChI is InChI=1S/C35H50N4O6/c1-5-6-33(40)44-25-27(2)43-26-28(3)45-34(41)15-16-37-19-23-39(24-20-37)32-13-9-30(10-14-32)35(42)29-7-11-31(12-8-29)38-21-17-36(4)18-22-38/h7-14,27-28H,5-6,15-26H2,1-4H3. The normalized spacial score (nSPS) is 17.5. The van der Waals surface area contributed by atoms with Crippen molar-refractivity contribution in [2.24, 2.45) is 0 Å². The highest BCUT2D eigenvalue weighted by molar-refractivity contribution is 6.09. The van der Waals surface area contributed by atoms with Crippen LogP contribution in [0.4, 0.5) is 11.4 Å². The predicted molar refractivity (Wildman–Crippen MR) is 176 cm³/mol. The predicted octanol–water partition coefficient (Wildman–Crippen LogP) is 3.86. The molecule has 2 fully saturated rings. The Hall–Kier alpha value is -3.47. The maximum atomic E-state index is 13.1. The molecule has 2 aromatic carbocycles. The Kier molecular flexibility index (Phi) is 13.2. The first-order valence-corrected chi connectivity index (χ1v) is 16.3. The lowest BCUT2D eigenvalue weighted by Crippen LogP contribution is -2.47. The van der Waals surface area contributed by atoms with E-state index in [4.69, 9.17) is 14.2 Å². The Labute approximate surface area is 268 Å². The van der Waals surface area contributed by atoms with Crippen LogP contribution in [0.3, 0.4) is 0 Å². The number of benzene rings is 2. The van der Waals surface area contributed by atoms with Crippen LogP contribution in [-0.2, 0) is 23.8 Å². The fraction of sp³-hybridized carbons (Fsp3) is 0.571. The average molecular weight is 623 g/mol. The zero-order valence-electron chi connectivity index (χ0n) is 27.4. The minimum absolute atomic E-state index is 0.0338. The molecular formula is C35H50N4O6. The van der Waals surface area contributed by atoms with Crippen LogP contribution in [0.2, 0.25) is 0 Å². The molecule has 2 aliphatic rings. The van der Waals surface area contributed by atoms with E-state index in [1.54, 1.807) is 6.92 Å². The van der Waals surface area contributed by atoms with Crippen molar-refractivity contribution in [3.63, 3.8) is 0 Å². The second-order valence-electron chi connectivity index (χ2n) is 12.2. The number of likely N-dealkylation sites (N-methyl/N-ethyl adjacent to an activating group) is 1. The van der Waals surface area contributed by atoms with E-state index in [0.29, 0.717) is 30.5 Å². The fourth-order valence-corrected chi connectivity index (χ4v) is 5.51. The number of ketones is 1. The van der Waals surface area contributed by atoms with Crippen molar-refractivity contribution in [1.82, 2.24) is 9.80 Å². The number of esters is 2. The topological polar surface area (TPSA) is 91.9 Å². The maximum absolute atomic E-state index is 13.1. The second-order valence-corrected chi connectivity index (χ2v) is 12.2. The summed E-state index contributed by atoms with van der Waals surface area (Å²) in [5.74, 6) is -0.437. The van der Waals surface area contributed by atoms with Gasteiger partial charge in [0.2, 0.25) is 0 Å². The van der Waals surface area contributed by atoms with E-state index in [9.17, 15) is 14.4 Å². The zero-order valence-corrected chi connectivity index (χ0v) is 27.4. The molecule has 2 aliphatic heterocycles. The van der Waals surface area contributed by atoms with Crippen LogP contribution < -0.4 is 9.80 Å². The molecule has 0 N–H and O–H groups in total. The van der Waals surface area contributed by atoms with Crippen molar-refractivity contribution >= 4 is 29.1 Å². The Morgan fingerprint density at radius 3 is 1.76 bits per heavy atom. The summed E-state index contributed by atoms with van der Waals surface area (Å²) < 4.78 is 16.3. The van der Waals surface area contributed by atoms with Crippen LogP contribution in [0.25, 0.3) is 0 Å². The molecule has 2 unspecified atom stereocenters. The van der Waals surface area contributed by atoms with E-state index < -0.39 is 0 Å². The molecule has 0 amide bonds. The van der Waals surface area contributed by atoms with Gasteiger partial charge in [-0.1, -0.05) is 6.92 Å². The van der Waals surface area contributed by atoms with Crippen LogP contribution in [0.15, 0.2) is 48.5 Å². The van der Waals surface area contributed by atoms with E-state index in [1.807, 2.05) is 50.2 Å².